The van der Waals surface area contributed by atoms with Crippen LogP contribution in [0.25, 0.3) is 0 Å². The molecule has 5 heteroatoms. The van der Waals surface area contributed by atoms with Gasteiger partial charge in [0.25, 0.3) is 0 Å². The fourth-order valence-corrected chi connectivity index (χ4v) is 1.76. The summed E-state index contributed by atoms with van der Waals surface area (Å²) >= 11 is 5.98. The summed E-state index contributed by atoms with van der Waals surface area (Å²) in [5.74, 6) is 1.51. The first-order valence-corrected chi connectivity index (χ1v) is 6.28. The summed E-state index contributed by atoms with van der Waals surface area (Å²) in [5.41, 5.74) is 1.39. The molecule has 0 bridgehead atoms. The minimum absolute atomic E-state index is 0.199. The predicted molar refractivity (Wildman–Crippen MR) is 75.6 cm³/mol. The highest BCUT2D eigenvalue weighted by Crippen LogP contribution is 2.21. The molecular weight excluding hydrogens is 260 g/mol. The van der Waals surface area contributed by atoms with E-state index in [1.807, 2.05) is 26.0 Å². The molecule has 2 rings (SSSR count). The topological polar surface area (TPSA) is 61.6 Å². The number of aromatic nitrogens is 2. The van der Waals surface area contributed by atoms with Crippen LogP contribution in [0.5, 0.6) is 0 Å². The maximum Gasteiger partial charge on any atom is 0.135 e. The lowest BCUT2D eigenvalue weighted by Crippen LogP contribution is -2.02. The molecule has 0 fully saturated rings. The Bertz CT molecular complexity index is 632. The highest BCUT2D eigenvalue weighted by Gasteiger charge is 2.07. The Balaban J connectivity index is 2.30. The van der Waals surface area contributed by atoms with Crippen molar-refractivity contribution in [3.63, 3.8) is 0 Å². The fourth-order valence-electron chi connectivity index (χ4n) is 1.57. The zero-order chi connectivity index (χ0) is 13.8. The van der Waals surface area contributed by atoms with Crippen LogP contribution in [0.2, 0.25) is 5.15 Å². The lowest BCUT2D eigenvalue weighted by molar-refractivity contribution is 0.776. The van der Waals surface area contributed by atoms with E-state index < -0.39 is 0 Å². The van der Waals surface area contributed by atoms with Gasteiger partial charge in [0.2, 0.25) is 0 Å². The van der Waals surface area contributed by atoms with E-state index in [1.165, 1.54) is 0 Å². The number of halogens is 1. The number of rotatable bonds is 3. The van der Waals surface area contributed by atoms with Crippen molar-refractivity contribution in [1.29, 1.82) is 5.26 Å². The van der Waals surface area contributed by atoms with Crippen molar-refractivity contribution in [2.75, 3.05) is 5.32 Å². The van der Waals surface area contributed by atoms with E-state index in [1.54, 1.807) is 18.2 Å². The fraction of sp³-hybridized carbons (Fsp3) is 0.214. The first kappa shape index (κ1) is 13.3. The van der Waals surface area contributed by atoms with Crippen LogP contribution in [0.15, 0.2) is 30.3 Å². The third-order valence-corrected chi connectivity index (χ3v) is 2.69. The molecule has 0 amide bonds. The van der Waals surface area contributed by atoms with Crippen LogP contribution in [0.3, 0.4) is 0 Å². The van der Waals surface area contributed by atoms with Gasteiger partial charge in [-0.15, -0.1) is 0 Å². The quantitative estimate of drug-likeness (QED) is 0.862. The SMILES string of the molecule is CC(C)c1nc(Cl)cc(Nc2cccc(C#N)c2)n1. The molecular formula is C14H13ClN4. The van der Waals surface area contributed by atoms with Crippen LogP contribution < -0.4 is 5.32 Å². The predicted octanol–water partition coefficient (Wildman–Crippen LogP) is 3.87. The number of hydrogen-bond donors (Lipinski definition) is 1. The average Bonchev–Trinajstić information content (AvgIpc) is 2.38. The molecule has 1 heterocycles. The molecule has 0 aliphatic rings. The Kier molecular flexibility index (Phi) is 3.98. The van der Waals surface area contributed by atoms with Gasteiger partial charge in [0, 0.05) is 17.7 Å². The first-order valence-electron chi connectivity index (χ1n) is 5.90. The average molecular weight is 273 g/mol. The highest BCUT2D eigenvalue weighted by molar-refractivity contribution is 6.29. The number of hydrogen-bond acceptors (Lipinski definition) is 4. The van der Waals surface area contributed by atoms with Gasteiger partial charge < -0.3 is 5.32 Å². The normalized spacial score (nSPS) is 10.3. The van der Waals surface area contributed by atoms with E-state index in [0.717, 1.165) is 5.69 Å². The van der Waals surface area contributed by atoms with Crippen molar-refractivity contribution in [1.82, 2.24) is 9.97 Å². The van der Waals surface area contributed by atoms with E-state index in [0.29, 0.717) is 22.4 Å². The number of anilines is 2. The summed E-state index contributed by atoms with van der Waals surface area (Å²) in [6.45, 7) is 4.01. The Hall–Kier alpha value is -2.12. The van der Waals surface area contributed by atoms with Gasteiger partial charge in [0.15, 0.2) is 0 Å². The molecule has 1 aromatic heterocycles. The highest BCUT2D eigenvalue weighted by atomic mass is 35.5. The third kappa shape index (κ3) is 3.43. The molecule has 0 saturated heterocycles. The van der Waals surface area contributed by atoms with Crippen LogP contribution in [-0.2, 0) is 0 Å². The summed E-state index contributed by atoms with van der Waals surface area (Å²) in [7, 11) is 0. The molecule has 0 aliphatic heterocycles. The van der Waals surface area contributed by atoms with Crippen molar-refractivity contribution in [2.45, 2.75) is 19.8 Å². The molecule has 0 saturated carbocycles. The summed E-state index contributed by atoms with van der Waals surface area (Å²) in [6.07, 6.45) is 0. The Morgan fingerprint density at radius 3 is 2.74 bits per heavy atom. The van der Waals surface area contributed by atoms with Crippen molar-refractivity contribution in [3.05, 3.63) is 46.9 Å². The molecule has 96 valence electrons. The van der Waals surface area contributed by atoms with Gasteiger partial charge in [-0.25, -0.2) is 9.97 Å². The molecule has 1 N–H and O–H groups in total. The smallest absolute Gasteiger partial charge is 0.135 e. The minimum Gasteiger partial charge on any atom is -0.340 e. The Labute approximate surface area is 117 Å². The lowest BCUT2D eigenvalue weighted by atomic mass is 10.2. The van der Waals surface area contributed by atoms with Gasteiger partial charge in [0.1, 0.15) is 16.8 Å². The van der Waals surface area contributed by atoms with Crippen LogP contribution in [-0.4, -0.2) is 9.97 Å². The standard InChI is InChI=1S/C14H13ClN4/c1-9(2)14-18-12(15)7-13(19-14)17-11-5-3-4-10(6-11)8-16/h3-7,9H,1-2H3,(H,17,18,19). The van der Waals surface area contributed by atoms with Gasteiger partial charge >= 0.3 is 0 Å². The Morgan fingerprint density at radius 1 is 1.26 bits per heavy atom. The molecule has 0 aliphatic carbocycles. The summed E-state index contributed by atoms with van der Waals surface area (Å²) in [4.78, 5) is 8.56. The van der Waals surface area contributed by atoms with Crippen LogP contribution in [0, 0.1) is 11.3 Å². The maximum absolute atomic E-state index is 8.86. The second-order valence-corrected chi connectivity index (χ2v) is 4.79. The van der Waals surface area contributed by atoms with Crippen molar-refractivity contribution >= 4 is 23.1 Å². The second-order valence-electron chi connectivity index (χ2n) is 4.41. The molecule has 0 spiro atoms. The monoisotopic (exact) mass is 272 g/mol. The summed E-state index contributed by atoms with van der Waals surface area (Å²) < 4.78 is 0. The number of nitrogens with one attached hydrogen (secondary N) is 1. The summed E-state index contributed by atoms with van der Waals surface area (Å²) in [6, 6.07) is 10.9. The summed E-state index contributed by atoms with van der Waals surface area (Å²) in [5, 5.41) is 12.4. The van der Waals surface area contributed by atoms with E-state index in [2.05, 4.69) is 21.4 Å². The largest absolute Gasteiger partial charge is 0.340 e. The molecule has 0 unspecified atom stereocenters. The molecule has 19 heavy (non-hydrogen) atoms. The van der Waals surface area contributed by atoms with E-state index in [4.69, 9.17) is 16.9 Å². The number of nitriles is 1. The van der Waals surface area contributed by atoms with Crippen molar-refractivity contribution < 1.29 is 0 Å². The van der Waals surface area contributed by atoms with Gasteiger partial charge in [-0.05, 0) is 18.2 Å². The van der Waals surface area contributed by atoms with Crippen molar-refractivity contribution in [3.8, 4) is 6.07 Å². The van der Waals surface area contributed by atoms with E-state index >= 15 is 0 Å². The Morgan fingerprint density at radius 2 is 2.05 bits per heavy atom. The van der Waals surface area contributed by atoms with Gasteiger partial charge in [-0.1, -0.05) is 31.5 Å². The van der Waals surface area contributed by atoms with Crippen LogP contribution in [0.1, 0.15) is 31.2 Å². The van der Waals surface area contributed by atoms with Gasteiger partial charge in [0.05, 0.1) is 11.6 Å². The maximum atomic E-state index is 8.86. The first-order chi connectivity index (χ1) is 9.08. The molecule has 4 nitrogen and oxygen atoms in total. The van der Waals surface area contributed by atoms with Gasteiger partial charge in [-0.2, -0.15) is 5.26 Å². The van der Waals surface area contributed by atoms with Crippen molar-refractivity contribution in [2.24, 2.45) is 0 Å². The van der Waals surface area contributed by atoms with Crippen LogP contribution >= 0.6 is 11.6 Å². The molecule has 0 radical (unpaired) electrons. The number of nitrogens with zero attached hydrogens (tertiary/aromatic N) is 3. The zero-order valence-corrected chi connectivity index (χ0v) is 11.4. The van der Waals surface area contributed by atoms with E-state index in [-0.39, 0.29) is 5.92 Å². The van der Waals surface area contributed by atoms with Gasteiger partial charge in [-0.3, -0.25) is 0 Å². The number of benzene rings is 1. The van der Waals surface area contributed by atoms with Crippen LogP contribution in [0.4, 0.5) is 11.5 Å². The second kappa shape index (κ2) is 5.68. The zero-order valence-electron chi connectivity index (χ0n) is 10.7. The molecule has 2 aromatic rings. The minimum atomic E-state index is 0.199. The van der Waals surface area contributed by atoms with E-state index in [9.17, 15) is 0 Å². The third-order valence-electron chi connectivity index (χ3n) is 2.49. The molecule has 0 atom stereocenters. The molecule has 1 aromatic carbocycles. The lowest BCUT2D eigenvalue weighted by Gasteiger charge is -2.09.